The van der Waals surface area contributed by atoms with Gasteiger partial charge < -0.3 is 10.2 Å². The maximum absolute atomic E-state index is 12.8. The second-order valence-corrected chi connectivity index (χ2v) is 7.67. The number of nitrogens with one attached hydrogen (secondary N) is 1. The summed E-state index contributed by atoms with van der Waals surface area (Å²) in [7, 11) is 0. The van der Waals surface area contributed by atoms with Gasteiger partial charge in [0.05, 0.1) is 10.9 Å². The summed E-state index contributed by atoms with van der Waals surface area (Å²) in [6.45, 7) is 4.36. The maximum atomic E-state index is 12.8. The molecule has 0 unspecified atom stereocenters. The number of hydrogen-bond acceptors (Lipinski definition) is 3. The van der Waals surface area contributed by atoms with Crippen molar-refractivity contribution in [3.63, 3.8) is 0 Å². The van der Waals surface area contributed by atoms with Crippen molar-refractivity contribution in [2.45, 2.75) is 54.7 Å². The van der Waals surface area contributed by atoms with Crippen molar-refractivity contribution < 1.29 is 9.59 Å². The molecule has 4 nitrogen and oxygen atoms in total. The second-order valence-electron chi connectivity index (χ2n) is 6.42. The van der Waals surface area contributed by atoms with E-state index in [1.54, 1.807) is 6.08 Å². The lowest BCUT2D eigenvalue weighted by atomic mass is 9.94. The highest BCUT2D eigenvalue weighted by Gasteiger charge is 2.32. The van der Waals surface area contributed by atoms with E-state index in [1.807, 2.05) is 29.2 Å². The van der Waals surface area contributed by atoms with E-state index < -0.39 is 0 Å². The normalized spacial score (nSPS) is 20.8. The Kier molecular flexibility index (Phi) is 5.61. The first-order valence-electron chi connectivity index (χ1n) is 8.66. The Morgan fingerprint density at radius 1 is 1.29 bits per heavy atom. The molecule has 1 saturated carbocycles. The number of carbonyl (C=O) groups excluding carboxylic acids is 2. The van der Waals surface area contributed by atoms with Gasteiger partial charge in [0.2, 0.25) is 11.8 Å². The van der Waals surface area contributed by atoms with Gasteiger partial charge in [-0.3, -0.25) is 9.59 Å². The molecule has 1 aliphatic heterocycles. The minimum absolute atomic E-state index is 0.0637. The Balaban J connectivity index is 1.68. The molecule has 0 aromatic heterocycles. The summed E-state index contributed by atoms with van der Waals surface area (Å²) in [6.07, 6.45) is 7.77. The van der Waals surface area contributed by atoms with Gasteiger partial charge in [0.15, 0.2) is 0 Å². The van der Waals surface area contributed by atoms with E-state index in [0.29, 0.717) is 12.6 Å². The molecule has 1 aromatic rings. The van der Waals surface area contributed by atoms with Crippen molar-refractivity contribution in [3.05, 3.63) is 36.9 Å². The summed E-state index contributed by atoms with van der Waals surface area (Å²) in [4.78, 5) is 28.1. The number of hydrogen-bond donors (Lipinski definition) is 1. The fourth-order valence-corrected chi connectivity index (χ4v) is 4.59. The van der Waals surface area contributed by atoms with Crippen LogP contribution >= 0.6 is 11.8 Å². The lowest BCUT2D eigenvalue weighted by Crippen LogP contribution is -2.44. The quantitative estimate of drug-likeness (QED) is 0.826. The Labute approximate surface area is 147 Å². The smallest absolute Gasteiger partial charge is 0.238 e. The summed E-state index contributed by atoms with van der Waals surface area (Å²) in [6, 6.07) is 8.03. The first-order valence-corrected chi connectivity index (χ1v) is 9.54. The molecule has 3 rings (SSSR count). The number of nitrogens with zero attached hydrogens (tertiary/aromatic N) is 1. The fraction of sp³-hybridized carbons (Fsp3) is 0.474. The largest absolute Gasteiger partial charge is 0.336 e. The Morgan fingerprint density at radius 2 is 2.04 bits per heavy atom. The number of amides is 2. The van der Waals surface area contributed by atoms with Gasteiger partial charge in [0.25, 0.3) is 0 Å². The van der Waals surface area contributed by atoms with E-state index in [2.05, 4.69) is 11.9 Å². The minimum atomic E-state index is -0.358. The summed E-state index contributed by atoms with van der Waals surface area (Å²) in [5.41, 5.74) is 0.839. The van der Waals surface area contributed by atoms with E-state index >= 15 is 0 Å². The Hall–Kier alpha value is -1.75. The third-order valence-electron chi connectivity index (χ3n) is 4.73. The van der Waals surface area contributed by atoms with E-state index in [0.717, 1.165) is 23.4 Å². The van der Waals surface area contributed by atoms with E-state index in [-0.39, 0.29) is 23.5 Å². The van der Waals surface area contributed by atoms with Gasteiger partial charge in [-0.05, 0) is 25.0 Å². The van der Waals surface area contributed by atoms with Gasteiger partial charge in [-0.1, -0.05) is 37.5 Å². The zero-order valence-electron chi connectivity index (χ0n) is 13.9. The summed E-state index contributed by atoms with van der Waals surface area (Å²) >= 11 is 1.49. The molecule has 1 aromatic carbocycles. The molecule has 1 N–H and O–H groups in total. The third-order valence-corrected chi connectivity index (χ3v) is 6.00. The highest BCUT2D eigenvalue weighted by Crippen LogP contribution is 2.37. The third kappa shape index (κ3) is 3.83. The molecule has 0 saturated heterocycles. The molecule has 128 valence electrons. The van der Waals surface area contributed by atoms with Crippen molar-refractivity contribution in [1.29, 1.82) is 0 Å². The molecular formula is C19H24N2O2S. The van der Waals surface area contributed by atoms with Gasteiger partial charge in [0.1, 0.15) is 0 Å². The van der Waals surface area contributed by atoms with Crippen molar-refractivity contribution in [2.75, 3.05) is 11.9 Å². The molecule has 2 aliphatic rings. The standard InChI is InChI=1S/C19H24N2O2S/c1-2-12-21(14-8-4-3-5-9-14)18(22)13-17-19(23)20-15-10-6-7-11-16(15)24-17/h2,6-7,10-11,14,17H,1,3-5,8-9,12-13H2,(H,20,23)/t17-/m0/s1. The maximum Gasteiger partial charge on any atom is 0.238 e. The second kappa shape index (κ2) is 7.88. The highest BCUT2D eigenvalue weighted by atomic mass is 32.2. The van der Waals surface area contributed by atoms with Gasteiger partial charge in [-0.25, -0.2) is 0 Å². The minimum Gasteiger partial charge on any atom is -0.336 e. The number of para-hydroxylation sites is 1. The molecule has 0 radical (unpaired) electrons. The van der Waals surface area contributed by atoms with Crippen LogP contribution in [0.5, 0.6) is 0 Å². The van der Waals surface area contributed by atoms with Crippen molar-refractivity contribution in [2.24, 2.45) is 0 Å². The van der Waals surface area contributed by atoms with Crippen LogP contribution in [-0.4, -0.2) is 34.6 Å². The number of fused-ring (bicyclic) bond motifs is 1. The molecule has 1 heterocycles. The molecule has 1 atom stereocenters. The first kappa shape index (κ1) is 17.1. The van der Waals surface area contributed by atoms with Gasteiger partial charge in [-0.15, -0.1) is 18.3 Å². The molecule has 1 aliphatic carbocycles. The number of rotatable bonds is 5. The van der Waals surface area contributed by atoms with Crippen LogP contribution in [0.3, 0.4) is 0 Å². The molecular weight excluding hydrogens is 320 g/mol. The average Bonchev–Trinajstić information content (AvgIpc) is 2.61. The van der Waals surface area contributed by atoms with Crippen LogP contribution in [0.15, 0.2) is 41.8 Å². The van der Waals surface area contributed by atoms with Crippen LogP contribution in [0, 0.1) is 0 Å². The summed E-state index contributed by atoms with van der Waals surface area (Å²) in [5.74, 6) is -0.0110. The van der Waals surface area contributed by atoms with Crippen LogP contribution in [0.2, 0.25) is 0 Å². The van der Waals surface area contributed by atoms with Crippen molar-refractivity contribution in [1.82, 2.24) is 4.90 Å². The highest BCUT2D eigenvalue weighted by molar-refractivity contribution is 8.01. The van der Waals surface area contributed by atoms with Crippen molar-refractivity contribution >= 4 is 29.3 Å². The topological polar surface area (TPSA) is 49.4 Å². The fourth-order valence-electron chi connectivity index (χ4n) is 3.49. The monoisotopic (exact) mass is 344 g/mol. The van der Waals surface area contributed by atoms with Crippen LogP contribution in [0.1, 0.15) is 38.5 Å². The van der Waals surface area contributed by atoms with Crippen LogP contribution < -0.4 is 5.32 Å². The van der Waals surface area contributed by atoms with Crippen LogP contribution in [0.4, 0.5) is 5.69 Å². The van der Waals surface area contributed by atoms with E-state index in [1.165, 1.54) is 31.0 Å². The van der Waals surface area contributed by atoms with Crippen LogP contribution in [-0.2, 0) is 9.59 Å². The Morgan fingerprint density at radius 3 is 2.79 bits per heavy atom. The number of anilines is 1. The van der Waals surface area contributed by atoms with Crippen LogP contribution in [0.25, 0.3) is 0 Å². The molecule has 2 amide bonds. The lowest BCUT2D eigenvalue weighted by molar-refractivity contribution is -0.134. The molecule has 1 fully saturated rings. The van der Waals surface area contributed by atoms with Gasteiger partial charge in [0, 0.05) is 23.9 Å². The zero-order chi connectivity index (χ0) is 16.9. The van der Waals surface area contributed by atoms with Gasteiger partial charge in [-0.2, -0.15) is 0 Å². The molecule has 5 heteroatoms. The number of benzene rings is 1. The molecule has 24 heavy (non-hydrogen) atoms. The van der Waals surface area contributed by atoms with E-state index in [4.69, 9.17) is 0 Å². The molecule has 0 spiro atoms. The SMILES string of the molecule is C=CCN(C(=O)C[C@@H]1Sc2ccccc2NC1=O)C1CCCCC1. The number of carbonyl (C=O) groups is 2. The predicted molar refractivity (Wildman–Crippen MR) is 98.1 cm³/mol. The number of thioether (sulfide) groups is 1. The zero-order valence-corrected chi connectivity index (χ0v) is 14.7. The predicted octanol–water partition coefficient (Wildman–Crippen LogP) is 3.84. The summed E-state index contributed by atoms with van der Waals surface area (Å²) < 4.78 is 0. The first-order chi connectivity index (χ1) is 11.7. The van der Waals surface area contributed by atoms with Gasteiger partial charge >= 0.3 is 0 Å². The van der Waals surface area contributed by atoms with Crippen molar-refractivity contribution in [3.8, 4) is 0 Å². The lowest BCUT2D eigenvalue weighted by Gasteiger charge is -2.35. The summed E-state index contributed by atoms with van der Waals surface area (Å²) in [5, 5.41) is 2.56. The molecule has 0 bridgehead atoms. The van der Waals surface area contributed by atoms with E-state index in [9.17, 15) is 9.59 Å². The Bertz CT molecular complexity index is 626. The average molecular weight is 344 g/mol.